The van der Waals surface area contributed by atoms with Crippen molar-refractivity contribution >= 4 is 33.5 Å². The van der Waals surface area contributed by atoms with Gasteiger partial charge in [-0.15, -0.1) is 0 Å². The number of anilines is 2. The number of aliphatic hydroxyl groups is 1. The zero-order valence-corrected chi connectivity index (χ0v) is 19.9. The second kappa shape index (κ2) is 10.3. The molecule has 1 aliphatic carbocycles. The van der Waals surface area contributed by atoms with Gasteiger partial charge in [-0.3, -0.25) is 4.90 Å². The van der Waals surface area contributed by atoms with E-state index >= 15 is 0 Å². The normalized spacial score (nSPS) is 22.0. The molecule has 4 heterocycles. The van der Waals surface area contributed by atoms with Crippen LogP contribution < -0.4 is 10.1 Å². The summed E-state index contributed by atoms with van der Waals surface area (Å²) in [7, 11) is 0. The second-order valence-corrected chi connectivity index (χ2v) is 9.63. The molecule has 5 rings (SSSR count). The van der Waals surface area contributed by atoms with Crippen molar-refractivity contribution in [2.24, 2.45) is 0 Å². The molecule has 33 heavy (non-hydrogen) atoms. The Kier molecular flexibility index (Phi) is 7.05. The lowest BCUT2D eigenvalue weighted by atomic mass is 9.91. The minimum absolute atomic E-state index is 0.139. The van der Waals surface area contributed by atoms with Crippen LogP contribution in [0.1, 0.15) is 37.8 Å². The first-order valence-corrected chi connectivity index (χ1v) is 12.6. The topological polar surface area (TPSA) is 97.6 Å². The van der Waals surface area contributed by atoms with Gasteiger partial charge < -0.3 is 24.5 Å². The number of aryl methyl sites for hydroxylation is 2. The molecule has 2 N–H and O–H groups in total. The standard InChI is InChI=1S/C23H32N6O3S/c1-16-15-20(33-27-16)25-23-24-19-7-9-29(8-2-12-30)21(19)22(26-23)32-18-5-3-17(4-6-18)28-10-13-31-14-11-28/h7,9,15,17-18,30H,2-6,8,10-14H2,1H3,(H,24,25,26). The van der Waals surface area contributed by atoms with Crippen LogP contribution in [0.3, 0.4) is 0 Å². The van der Waals surface area contributed by atoms with Crippen LogP contribution in [-0.4, -0.2) is 74.0 Å². The monoisotopic (exact) mass is 472 g/mol. The summed E-state index contributed by atoms with van der Waals surface area (Å²) in [5.41, 5.74) is 2.70. The third-order valence-electron chi connectivity index (χ3n) is 6.48. The Labute approximate surface area is 197 Å². The van der Waals surface area contributed by atoms with Gasteiger partial charge in [-0.05, 0) is 62.7 Å². The second-order valence-electron chi connectivity index (χ2n) is 8.83. The number of nitrogens with zero attached hydrogens (tertiary/aromatic N) is 5. The van der Waals surface area contributed by atoms with E-state index in [0.717, 1.165) is 73.7 Å². The number of morpholine rings is 1. The first kappa shape index (κ1) is 22.5. The summed E-state index contributed by atoms with van der Waals surface area (Å²) in [6.45, 7) is 6.57. The number of hydrogen-bond donors (Lipinski definition) is 2. The Morgan fingerprint density at radius 1 is 1.21 bits per heavy atom. The van der Waals surface area contributed by atoms with E-state index in [9.17, 15) is 5.11 Å². The smallest absolute Gasteiger partial charge is 0.243 e. The molecule has 2 aliphatic rings. The van der Waals surface area contributed by atoms with Gasteiger partial charge in [-0.1, -0.05) is 0 Å². The summed E-state index contributed by atoms with van der Waals surface area (Å²) < 4.78 is 18.5. The van der Waals surface area contributed by atoms with Crippen molar-refractivity contribution in [3.05, 3.63) is 24.0 Å². The van der Waals surface area contributed by atoms with E-state index in [1.54, 1.807) is 0 Å². The molecular formula is C23H32N6O3S. The number of aliphatic hydroxyl groups excluding tert-OH is 1. The summed E-state index contributed by atoms with van der Waals surface area (Å²) in [5.74, 6) is 1.13. The van der Waals surface area contributed by atoms with Crippen LogP contribution in [0.2, 0.25) is 0 Å². The van der Waals surface area contributed by atoms with Gasteiger partial charge in [0.2, 0.25) is 11.8 Å². The predicted octanol–water partition coefficient (Wildman–Crippen LogP) is 3.34. The van der Waals surface area contributed by atoms with Gasteiger partial charge in [-0.25, -0.2) is 4.98 Å². The van der Waals surface area contributed by atoms with Crippen LogP contribution in [0.15, 0.2) is 18.3 Å². The van der Waals surface area contributed by atoms with E-state index in [-0.39, 0.29) is 12.7 Å². The Balaban J connectivity index is 1.35. The largest absolute Gasteiger partial charge is 0.473 e. The molecule has 0 unspecified atom stereocenters. The quantitative estimate of drug-likeness (QED) is 0.515. The zero-order valence-electron chi connectivity index (χ0n) is 19.1. The van der Waals surface area contributed by atoms with Gasteiger partial charge in [0.1, 0.15) is 16.6 Å². The molecule has 0 amide bonds. The van der Waals surface area contributed by atoms with Gasteiger partial charge in [0.25, 0.3) is 0 Å². The minimum Gasteiger partial charge on any atom is -0.473 e. The molecule has 10 heteroatoms. The van der Waals surface area contributed by atoms with Crippen molar-refractivity contribution in [2.45, 2.75) is 57.7 Å². The summed E-state index contributed by atoms with van der Waals surface area (Å²) in [5, 5.41) is 13.5. The molecule has 1 saturated heterocycles. The molecule has 0 aromatic carbocycles. The van der Waals surface area contributed by atoms with Crippen LogP contribution in [0.25, 0.3) is 11.0 Å². The molecule has 3 aromatic rings. The molecule has 3 aromatic heterocycles. The lowest BCUT2D eigenvalue weighted by Gasteiger charge is -2.38. The average molecular weight is 473 g/mol. The van der Waals surface area contributed by atoms with E-state index in [1.165, 1.54) is 11.5 Å². The van der Waals surface area contributed by atoms with E-state index < -0.39 is 0 Å². The molecule has 0 bridgehead atoms. The van der Waals surface area contributed by atoms with E-state index in [4.69, 9.17) is 19.4 Å². The summed E-state index contributed by atoms with van der Waals surface area (Å²) in [4.78, 5) is 12.1. The van der Waals surface area contributed by atoms with Crippen LogP contribution in [-0.2, 0) is 11.3 Å². The Morgan fingerprint density at radius 3 is 2.76 bits per heavy atom. The summed E-state index contributed by atoms with van der Waals surface area (Å²) in [6, 6.07) is 4.59. The van der Waals surface area contributed by atoms with Gasteiger partial charge >= 0.3 is 0 Å². The van der Waals surface area contributed by atoms with E-state index in [2.05, 4.69) is 19.2 Å². The molecule has 2 fully saturated rings. The van der Waals surface area contributed by atoms with Crippen LogP contribution in [0.5, 0.6) is 5.88 Å². The Hall–Kier alpha value is -2.27. The zero-order chi connectivity index (χ0) is 22.6. The highest BCUT2D eigenvalue weighted by Gasteiger charge is 2.29. The number of hydrogen-bond acceptors (Lipinski definition) is 9. The number of fused-ring (bicyclic) bond motifs is 1. The average Bonchev–Trinajstić information content (AvgIpc) is 3.44. The van der Waals surface area contributed by atoms with Crippen molar-refractivity contribution in [3.8, 4) is 5.88 Å². The summed E-state index contributed by atoms with van der Waals surface area (Å²) in [6.07, 6.45) is 7.11. The van der Waals surface area contributed by atoms with E-state index in [0.29, 0.717) is 30.8 Å². The maximum absolute atomic E-state index is 9.31. The highest BCUT2D eigenvalue weighted by Crippen LogP contribution is 2.32. The third-order valence-corrected chi connectivity index (χ3v) is 7.28. The van der Waals surface area contributed by atoms with Crippen molar-refractivity contribution < 1.29 is 14.6 Å². The third kappa shape index (κ3) is 5.29. The molecule has 1 saturated carbocycles. The predicted molar refractivity (Wildman–Crippen MR) is 128 cm³/mol. The molecule has 0 radical (unpaired) electrons. The SMILES string of the molecule is Cc1cc(Nc2nc(OC3CCC(N4CCOCC4)CC3)c3c(ccn3CCCO)n2)sn1. The number of aromatic nitrogens is 4. The number of nitrogens with one attached hydrogen (secondary N) is 1. The molecule has 0 atom stereocenters. The van der Waals surface area contributed by atoms with Crippen molar-refractivity contribution in [3.63, 3.8) is 0 Å². The van der Waals surface area contributed by atoms with Gasteiger partial charge in [0.15, 0.2) is 0 Å². The maximum Gasteiger partial charge on any atom is 0.243 e. The first-order valence-electron chi connectivity index (χ1n) is 11.9. The van der Waals surface area contributed by atoms with Crippen LogP contribution in [0.4, 0.5) is 10.9 Å². The fourth-order valence-electron chi connectivity index (χ4n) is 4.80. The minimum atomic E-state index is 0.139. The summed E-state index contributed by atoms with van der Waals surface area (Å²) >= 11 is 1.39. The van der Waals surface area contributed by atoms with Crippen molar-refractivity contribution in [2.75, 3.05) is 38.2 Å². The molecule has 0 spiro atoms. The highest BCUT2D eigenvalue weighted by atomic mass is 32.1. The lowest BCUT2D eigenvalue weighted by Crippen LogP contribution is -2.46. The molecule has 9 nitrogen and oxygen atoms in total. The van der Waals surface area contributed by atoms with Gasteiger partial charge in [0.05, 0.1) is 24.4 Å². The van der Waals surface area contributed by atoms with Crippen LogP contribution in [0, 0.1) is 6.92 Å². The Morgan fingerprint density at radius 2 is 2.03 bits per heavy atom. The lowest BCUT2D eigenvalue weighted by molar-refractivity contribution is -0.00127. The van der Waals surface area contributed by atoms with Crippen molar-refractivity contribution in [1.29, 1.82) is 0 Å². The van der Waals surface area contributed by atoms with Gasteiger partial charge in [0, 0.05) is 38.5 Å². The van der Waals surface area contributed by atoms with E-state index in [1.807, 2.05) is 25.3 Å². The fourth-order valence-corrected chi connectivity index (χ4v) is 5.45. The molecular weight excluding hydrogens is 440 g/mol. The first-order chi connectivity index (χ1) is 16.2. The number of ether oxygens (including phenoxy) is 2. The van der Waals surface area contributed by atoms with Crippen LogP contribution >= 0.6 is 11.5 Å². The maximum atomic E-state index is 9.31. The van der Waals surface area contributed by atoms with Crippen molar-refractivity contribution in [1.82, 2.24) is 23.8 Å². The molecule has 178 valence electrons. The Bertz CT molecular complexity index is 1060. The highest BCUT2D eigenvalue weighted by molar-refractivity contribution is 7.10. The molecule has 1 aliphatic heterocycles. The number of rotatable bonds is 8. The van der Waals surface area contributed by atoms with Gasteiger partial charge in [-0.2, -0.15) is 9.36 Å². The fraction of sp³-hybridized carbons (Fsp3) is 0.609.